The van der Waals surface area contributed by atoms with E-state index in [0.717, 1.165) is 23.2 Å². The highest BCUT2D eigenvalue weighted by molar-refractivity contribution is 14.1. The highest BCUT2D eigenvalue weighted by Gasteiger charge is 2.61. The monoisotopic (exact) mass is 900 g/mol. The first kappa shape index (κ1) is 41.9. The summed E-state index contributed by atoms with van der Waals surface area (Å²) in [6.07, 6.45) is -0.0429. The number of hydrogen-bond acceptors (Lipinski definition) is 8. The number of hydrogen-bond donors (Lipinski definition) is 1. The number of nitrogens with one attached hydrogen (secondary N) is 1. The molecular weight excluding hydrogens is 843 g/mol. The van der Waals surface area contributed by atoms with Crippen LogP contribution in [0.4, 0.5) is 16.2 Å². The van der Waals surface area contributed by atoms with E-state index in [4.69, 9.17) is 28.5 Å². The molecule has 10 nitrogen and oxygen atoms in total. The lowest BCUT2D eigenvalue weighted by atomic mass is 9.99. The lowest BCUT2D eigenvalue weighted by molar-refractivity contribution is -0.118. The van der Waals surface area contributed by atoms with Gasteiger partial charge >= 0.3 is 0 Å². The lowest BCUT2D eigenvalue weighted by Gasteiger charge is -2.47. The molecule has 4 aromatic rings. The molecule has 1 saturated carbocycles. The number of rotatable bonds is 13. The lowest BCUT2D eigenvalue weighted by Crippen LogP contribution is -2.68. The normalized spacial score (nSPS) is 22.4. The first-order chi connectivity index (χ1) is 25.8. The van der Waals surface area contributed by atoms with Crippen molar-refractivity contribution in [1.29, 1.82) is 0 Å². The van der Waals surface area contributed by atoms with Crippen molar-refractivity contribution in [3.63, 3.8) is 0 Å². The maximum Gasteiger partial charge on any atom is 0.261 e. The van der Waals surface area contributed by atoms with E-state index in [0.29, 0.717) is 27.5 Å². The van der Waals surface area contributed by atoms with Gasteiger partial charge < -0.3 is 18.5 Å². The van der Waals surface area contributed by atoms with Gasteiger partial charge in [0, 0.05) is 23.4 Å². The quantitative estimate of drug-likeness (QED) is 0.0819. The van der Waals surface area contributed by atoms with Gasteiger partial charge in [-0.2, -0.15) is 9.97 Å². The number of amides is 1. The highest BCUT2D eigenvalue weighted by Crippen LogP contribution is 2.49. The van der Waals surface area contributed by atoms with Gasteiger partial charge in [-0.15, -0.1) is 0 Å². The van der Waals surface area contributed by atoms with Gasteiger partial charge in [-0.05, 0) is 46.4 Å². The number of halogens is 2. The molecule has 4 atom stereocenters. The predicted octanol–water partition coefficient (Wildman–Crippen LogP) is 8.03. The summed E-state index contributed by atoms with van der Waals surface area (Å²) in [5.41, 5.74) is -0.281. The van der Waals surface area contributed by atoms with E-state index >= 15 is 4.39 Å². The number of anilines is 2. The molecule has 0 bridgehead atoms. The second-order valence-electron chi connectivity index (χ2n) is 18.1. The second-order valence-corrected chi connectivity index (χ2v) is 27.9. The Bertz CT molecular complexity index is 1930. The van der Waals surface area contributed by atoms with Crippen molar-refractivity contribution >= 4 is 78.4 Å². The Balaban J connectivity index is 1.49. The van der Waals surface area contributed by atoms with Crippen LogP contribution in [0.15, 0.2) is 67.0 Å². The number of carbonyl (C=O) groups excluding carboxylic acids is 1. The molecule has 1 saturated heterocycles. The van der Waals surface area contributed by atoms with Crippen LogP contribution in [-0.2, 0) is 18.4 Å². The first-order valence-electron chi connectivity index (χ1n) is 19.4. The van der Waals surface area contributed by atoms with Gasteiger partial charge in [-0.3, -0.25) is 14.7 Å². The zero-order chi connectivity index (χ0) is 40.1. The Labute approximate surface area is 341 Å². The SMILES string of the molecule is CC(C)C(=O)Nc1nc(N(C)C2CC2)c2ncn([C@@H]3O[C@](CI)(CO[Si](c4ccccc4)(c4ccccc4)C(C)(C)C)[C@@H](O[Si](C)(C)C(C)(C)C)[C@H]3F)c2n1. The van der Waals surface area contributed by atoms with Gasteiger partial charge in [0.1, 0.15) is 11.7 Å². The van der Waals surface area contributed by atoms with E-state index in [1.54, 1.807) is 10.9 Å². The molecule has 6 rings (SSSR count). The number of fused-ring (bicyclic) bond motifs is 1. The number of alkyl halides is 2. The van der Waals surface area contributed by atoms with Gasteiger partial charge in [0.05, 0.1) is 12.9 Å². The predicted molar refractivity (Wildman–Crippen MR) is 232 cm³/mol. The second kappa shape index (κ2) is 15.5. The summed E-state index contributed by atoms with van der Waals surface area (Å²) < 4.78 is 41.6. The van der Waals surface area contributed by atoms with Crippen LogP contribution in [-0.4, -0.2) is 84.1 Å². The molecule has 14 heteroatoms. The summed E-state index contributed by atoms with van der Waals surface area (Å²) in [6.45, 7) is 21.2. The third kappa shape index (κ3) is 7.92. The van der Waals surface area contributed by atoms with Crippen molar-refractivity contribution in [2.75, 3.05) is 28.3 Å². The Kier molecular flexibility index (Phi) is 11.8. The van der Waals surface area contributed by atoms with Crippen LogP contribution in [0.5, 0.6) is 0 Å². The zero-order valence-corrected chi connectivity index (χ0v) is 38.3. The van der Waals surface area contributed by atoms with E-state index in [1.807, 2.05) is 33.0 Å². The molecule has 2 aromatic carbocycles. The van der Waals surface area contributed by atoms with Crippen molar-refractivity contribution < 1.29 is 22.8 Å². The molecule has 0 spiro atoms. The number of nitrogens with zero attached hydrogens (tertiary/aromatic N) is 5. The molecule has 1 aliphatic carbocycles. The molecule has 3 heterocycles. The maximum absolute atomic E-state index is 17.8. The minimum Gasteiger partial charge on any atom is -0.408 e. The number of imidazole rings is 1. The Hall–Kier alpha value is -2.77. The number of ether oxygens (including phenoxy) is 1. The van der Waals surface area contributed by atoms with Gasteiger partial charge in [0.15, 0.2) is 37.7 Å². The molecule has 1 aliphatic heterocycles. The molecule has 0 unspecified atom stereocenters. The smallest absolute Gasteiger partial charge is 0.261 e. The minimum atomic E-state index is -3.05. The average molecular weight is 901 g/mol. The minimum absolute atomic E-state index is 0.104. The Morgan fingerprint density at radius 1 is 1.02 bits per heavy atom. The van der Waals surface area contributed by atoms with E-state index < -0.39 is 40.7 Å². The van der Waals surface area contributed by atoms with Crippen LogP contribution >= 0.6 is 22.6 Å². The fraction of sp³-hybridized carbons (Fsp3) is 0.561. The van der Waals surface area contributed by atoms with Gasteiger partial charge in [0.25, 0.3) is 8.32 Å². The third-order valence-electron chi connectivity index (χ3n) is 11.7. The molecular formula is C41H58FIN6O4Si2. The number of aromatic nitrogens is 4. The van der Waals surface area contributed by atoms with Crippen LogP contribution in [0.2, 0.25) is 23.2 Å². The van der Waals surface area contributed by atoms with Crippen molar-refractivity contribution in [2.24, 2.45) is 5.92 Å². The van der Waals surface area contributed by atoms with Gasteiger partial charge in [-0.1, -0.05) is 139 Å². The number of benzene rings is 2. The van der Waals surface area contributed by atoms with Crippen molar-refractivity contribution in [3.05, 3.63) is 67.0 Å². The highest BCUT2D eigenvalue weighted by atomic mass is 127. The summed E-state index contributed by atoms with van der Waals surface area (Å²) in [6, 6.07) is 21.2. The molecule has 2 aromatic heterocycles. The molecule has 55 heavy (non-hydrogen) atoms. The third-order valence-corrected chi connectivity index (χ3v) is 22.4. The number of carbonyl (C=O) groups is 1. The molecule has 298 valence electrons. The largest absolute Gasteiger partial charge is 0.408 e. The van der Waals surface area contributed by atoms with Crippen LogP contribution in [0, 0.1) is 5.92 Å². The summed E-state index contributed by atoms with van der Waals surface area (Å²) in [5.74, 6) is 0.240. The Morgan fingerprint density at radius 3 is 2.09 bits per heavy atom. The van der Waals surface area contributed by atoms with Crippen molar-refractivity contribution in [2.45, 2.75) is 122 Å². The summed E-state index contributed by atoms with van der Waals surface area (Å²) in [7, 11) is -3.64. The maximum atomic E-state index is 17.8. The first-order valence-corrected chi connectivity index (χ1v) is 25.7. The van der Waals surface area contributed by atoms with Crippen molar-refractivity contribution in [1.82, 2.24) is 19.5 Å². The zero-order valence-electron chi connectivity index (χ0n) is 34.2. The van der Waals surface area contributed by atoms with E-state index in [1.165, 1.54) is 0 Å². The van der Waals surface area contributed by atoms with Crippen LogP contribution < -0.4 is 20.6 Å². The van der Waals surface area contributed by atoms with Gasteiger partial charge in [-0.25, -0.2) is 9.37 Å². The fourth-order valence-corrected chi connectivity index (χ4v) is 14.0. The van der Waals surface area contributed by atoms with E-state index in [2.05, 4.69) is 136 Å². The Morgan fingerprint density at radius 2 is 1.60 bits per heavy atom. The summed E-state index contributed by atoms with van der Waals surface area (Å²) in [4.78, 5) is 29.3. The molecule has 1 N–H and O–H groups in total. The fourth-order valence-electron chi connectivity index (χ4n) is 7.22. The van der Waals surface area contributed by atoms with E-state index in [-0.39, 0.29) is 34.5 Å². The summed E-state index contributed by atoms with van der Waals surface area (Å²) in [5, 5.41) is 4.64. The van der Waals surface area contributed by atoms with Gasteiger partial charge in [0.2, 0.25) is 11.9 Å². The standard InChI is InChI=1S/C41H58FIN6O4Si2/c1-27(2)36(50)47-38-45-34(48(9)28-22-23-28)32-35(46-38)49(26-44-32)37-31(42)33(53-54(10,11)39(3,4)5)41(24-43,52-37)25-51-55(40(6,7)8,29-18-14-12-15-19-29)30-20-16-13-17-21-30/h12-21,26-28,31,33,37H,22-25H2,1-11H3,(H,45,46,47,50)/t31-,33+,37-,41-/m1/s1. The summed E-state index contributed by atoms with van der Waals surface area (Å²) >= 11 is 2.31. The van der Waals surface area contributed by atoms with E-state index in [9.17, 15) is 4.79 Å². The van der Waals surface area contributed by atoms with Crippen LogP contribution in [0.25, 0.3) is 11.2 Å². The van der Waals surface area contributed by atoms with Crippen LogP contribution in [0.1, 0.15) is 74.5 Å². The van der Waals surface area contributed by atoms with Crippen LogP contribution in [0.3, 0.4) is 0 Å². The molecule has 1 amide bonds. The average Bonchev–Trinajstić information content (AvgIpc) is 3.85. The topological polar surface area (TPSA) is 104 Å². The molecule has 2 aliphatic rings. The van der Waals surface area contributed by atoms with Crippen molar-refractivity contribution in [3.8, 4) is 0 Å². The molecule has 0 radical (unpaired) electrons. The molecule has 2 fully saturated rings.